The van der Waals surface area contributed by atoms with E-state index in [-0.39, 0.29) is 24.8 Å². The second-order valence-electron chi connectivity index (χ2n) is 2.38. The summed E-state index contributed by atoms with van der Waals surface area (Å²) in [6.07, 6.45) is 0. The predicted octanol–water partition coefficient (Wildman–Crippen LogP) is -4.18. The summed E-state index contributed by atoms with van der Waals surface area (Å²) in [5.74, 6) is 0. The standard InChI is InChI=1S/C7H10P.2ClH.Zr/c1-5-4-6(2)8-7(5)3;;;/h8H,1-3H3;2*1H;/q;;;+2/p-2. The van der Waals surface area contributed by atoms with Gasteiger partial charge in [-0.1, -0.05) is 0 Å². The van der Waals surface area contributed by atoms with Crippen molar-refractivity contribution in [1.82, 2.24) is 0 Å². The van der Waals surface area contributed by atoms with E-state index in [2.05, 4.69) is 20.8 Å². The Hall–Kier alpha value is 1.24. The number of aryl methyl sites for hydroxylation is 2. The molecule has 0 aliphatic carbocycles. The molecule has 1 aromatic heterocycles. The molecule has 1 aromatic rings. The molecule has 1 atom stereocenters. The maximum Gasteiger partial charge on any atom is -1.00 e. The average molecular weight is 287 g/mol. The zero-order valence-corrected chi connectivity index (χ0v) is 11.7. The average Bonchev–Trinajstić information content (AvgIpc) is 1.98. The quantitative estimate of drug-likeness (QED) is 0.454. The van der Waals surface area contributed by atoms with E-state index in [0.29, 0.717) is 0 Å². The maximum atomic E-state index is 2.25. The summed E-state index contributed by atoms with van der Waals surface area (Å²) >= 11 is 1.58. The first kappa shape index (κ1) is 14.8. The van der Waals surface area contributed by atoms with Crippen LogP contribution in [-0.4, -0.2) is 0 Å². The van der Waals surface area contributed by atoms with Gasteiger partial charge in [0.15, 0.2) is 0 Å². The van der Waals surface area contributed by atoms with Crippen molar-refractivity contribution in [2.24, 2.45) is 0 Å². The van der Waals surface area contributed by atoms with E-state index in [9.17, 15) is 0 Å². The summed E-state index contributed by atoms with van der Waals surface area (Å²) in [5.41, 5.74) is 1.56. The first-order valence-corrected chi connectivity index (χ1v) is 5.23. The summed E-state index contributed by atoms with van der Waals surface area (Å²) in [6.45, 7) is 6.74. The fourth-order valence-corrected chi connectivity index (χ4v) is 3.32. The minimum Gasteiger partial charge on any atom is -1.00 e. The number of hydrogen-bond acceptors (Lipinski definition) is 0. The summed E-state index contributed by atoms with van der Waals surface area (Å²) in [6, 6.07) is 0. The van der Waals surface area contributed by atoms with Gasteiger partial charge in [-0.05, 0) is 0 Å². The molecule has 0 N–H and O–H groups in total. The van der Waals surface area contributed by atoms with Gasteiger partial charge in [-0.2, -0.15) is 0 Å². The van der Waals surface area contributed by atoms with Crippen LogP contribution in [0.2, 0.25) is 0 Å². The fraction of sp³-hybridized carbons (Fsp3) is 0.429. The van der Waals surface area contributed by atoms with Gasteiger partial charge < -0.3 is 24.8 Å². The summed E-state index contributed by atoms with van der Waals surface area (Å²) in [5, 5.41) is 3.21. The van der Waals surface area contributed by atoms with Crippen LogP contribution < -0.4 is 28.1 Å². The zero-order valence-electron chi connectivity index (χ0n) is 6.76. The van der Waals surface area contributed by atoms with Gasteiger partial charge in [-0.15, -0.1) is 0 Å². The third-order valence-corrected chi connectivity index (χ3v) is 5.52. The first-order chi connectivity index (χ1) is 4.13. The molecule has 4 heteroatoms. The third kappa shape index (κ3) is 3.23. The molecule has 0 nitrogen and oxygen atoms in total. The van der Waals surface area contributed by atoms with Crippen molar-refractivity contribution in [2.75, 3.05) is 0 Å². The fourth-order valence-electron chi connectivity index (χ4n) is 0.906. The van der Waals surface area contributed by atoms with Crippen LogP contribution in [0.4, 0.5) is 0 Å². The van der Waals surface area contributed by atoms with Gasteiger partial charge in [0, 0.05) is 0 Å². The van der Waals surface area contributed by atoms with E-state index >= 15 is 0 Å². The Balaban J connectivity index is 0. The van der Waals surface area contributed by atoms with E-state index in [1.165, 1.54) is 0 Å². The van der Waals surface area contributed by atoms with Crippen LogP contribution in [0.25, 0.3) is 0 Å². The normalized spacial score (nSPS) is 9.18. The molecule has 11 heavy (non-hydrogen) atoms. The Bertz CT molecular complexity index is 210. The van der Waals surface area contributed by atoms with Crippen molar-refractivity contribution in [3.63, 3.8) is 0 Å². The molecule has 0 saturated carbocycles. The van der Waals surface area contributed by atoms with Gasteiger partial charge in [0.25, 0.3) is 0 Å². The Kier molecular flexibility index (Phi) is 7.80. The van der Waals surface area contributed by atoms with E-state index in [0.717, 1.165) is 8.19 Å². The van der Waals surface area contributed by atoms with E-state index in [4.69, 9.17) is 0 Å². The second kappa shape index (κ2) is 5.81. The van der Waals surface area contributed by atoms with Crippen LogP contribution >= 0.6 is 8.19 Å². The van der Waals surface area contributed by atoms with Crippen LogP contribution in [0, 0.1) is 20.8 Å². The minimum absolute atomic E-state index is 0. The molecule has 0 radical (unpaired) electrons. The smallest absolute Gasteiger partial charge is 1.00 e. The van der Waals surface area contributed by atoms with E-state index in [1.807, 2.05) is 0 Å². The predicted molar refractivity (Wildman–Crippen MR) is 39.8 cm³/mol. The van der Waals surface area contributed by atoms with Crippen molar-refractivity contribution in [2.45, 2.75) is 20.8 Å². The van der Waals surface area contributed by atoms with Gasteiger partial charge >= 0.3 is 73.1 Å². The molecule has 1 rings (SSSR count). The molecule has 0 amide bonds. The van der Waals surface area contributed by atoms with Gasteiger partial charge in [-0.3, -0.25) is 0 Å². The Morgan fingerprint density at radius 3 is 1.55 bits per heavy atom. The zero-order chi connectivity index (χ0) is 7.02. The third-order valence-electron chi connectivity index (χ3n) is 1.69. The number of hydrogen-bond donors (Lipinski definition) is 0. The monoisotopic (exact) mass is 285 g/mol. The van der Waals surface area contributed by atoms with Crippen LogP contribution in [0.3, 0.4) is 0 Å². The van der Waals surface area contributed by atoms with Crippen LogP contribution in [0.5, 0.6) is 0 Å². The molecule has 1 unspecified atom stereocenters. The molecule has 1 heterocycles. The van der Waals surface area contributed by atoms with Gasteiger partial charge in [0.1, 0.15) is 0 Å². The van der Waals surface area contributed by atoms with Gasteiger partial charge in [0.05, 0.1) is 0 Å². The Labute approximate surface area is 97.3 Å². The SMILES string of the molecule is Cc1[pH]c(C)[c]([Zr+2])c1C.[Cl-].[Cl-]. The number of rotatable bonds is 0. The molecule has 0 saturated heterocycles. The molecule has 0 bridgehead atoms. The molecule has 0 aromatic carbocycles. The van der Waals surface area contributed by atoms with Crippen molar-refractivity contribution < 1.29 is 49.5 Å². The summed E-state index contributed by atoms with van der Waals surface area (Å²) in [4.78, 5) is 0. The molecule has 0 spiro atoms. The van der Waals surface area contributed by atoms with Crippen molar-refractivity contribution in [3.05, 3.63) is 16.2 Å². The number of halogens is 2. The van der Waals surface area contributed by atoms with Crippen molar-refractivity contribution in [1.29, 1.82) is 0 Å². The maximum absolute atomic E-state index is 2.25. The molecule has 0 aliphatic rings. The van der Waals surface area contributed by atoms with Gasteiger partial charge in [-0.25, -0.2) is 0 Å². The summed E-state index contributed by atoms with van der Waals surface area (Å²) in [7, 11) is 0.999. The van der Waals surface area contributed by atoms with E-state index < -0.39 is 0 Å². The second-order valence-corrected chi connectivity index (χ2v) is 5.35. The molecular formula is C7H10Cl2PZr. The van der Waals surface area contributed by atoms with Gasteiger partial charge in [0.2, 0.25) is 0 Å². The molecule has 0 fully saturated rings. The largest absolute Gasteiger partial charge is 1.00 e. The first-order valence-electron chi connectivity index (χ1n) is 3.00. The van der Waals surface area contributed by atoms with Crippen LogP contribution in [0.1, 0.15) is 16.2 Å². The van der Waals surface area contributed by atoms with Crippen molar-refractivity contribution in [3.8, 4) is 0 Å². The van der Waals surface area contributed by atoms with Crippen LogP contribution in [-0.2, 0) is 24.7 Å². The molecular weight excluding hydrogens is 277 g/mol. The van der Waals surface area contributed by atoms with E-state index in [1.54, 1.807) is 44.1 Å². The minimum atomic E-state index is 0. The van der Waals surface area contributed by atoms with Crippen molar-refractivity contribution >= 4 is 11.5 Å². The van der Waals surface area contributed by atoms with Crippen LogP contribution in [0.15, 0.2) is 0 Å². The topological polar surface area (TPSA) is 0 Å². The molecule has 61 valence electrons. The summed E-state index contributed by atoms with van der Waals surface area (Å²) < 4.78 is 1.61. The Morgan fingerprint density at radius 1 is 1.00 bits per heavy atom. The Morgan fingerprint density at radius 2 is 1.45 bits per heavy atom. The molecule has 0 aliphatic heterocycles.